The topological polar surface area (TPSA) is 78.7 Å². The molecule has 1 aliphatic rings. The Bertz CT molecular complexity index is 588. The lowest BCUT2D eigenvalue weighted by atomic mass is 9.97. The molecule has 3 amide bonds. The Balaban J connectivity index is 2.01. The zero-order valence-electron chi connectivity index (χ0n) is 14.2. The number of hydrogen-bond acceptors (Lipinski definition) is 3. The van der Waals surface area contributed by atoms with Gasteiger partial charge in [-0.05, 0) is 18.1 Å². The van der Waals surface area contributed by atoms with Crippen LogP contribution in [0.4, 0.5) is 10.5 Å². The molecule has 0 bridgehead atoms. The predicted octanol–water partition coefficient (Wildman–Crippen LogP) is 2.07. The van der Waals surface area contributed by atoms with Gasteiger partial charge in [-0.15, -0.1) is 0 Å². The highest BCUT2D eigenvalue weighted by atomic mass is 35.5. The molecule has 0 saturated carbocycles. The molecule has 0 unspecified atom stereocenters. The molecule has 0 spiro atoms. The van der Waals surface area contributed by atoms with Crippen LogP contribution in [0.2, 0.25) is 5.02 Å². The highest BCUT2D eigenvalue weighted by Crippen LogP contribution is 2.26. The standard InChI is InChI=1S/C17H25ClN4O2/c1-3-12(2)15(20-17(19)24)16(23)22-10-8-21(9-11-22)14-7-5-4-6-13(14)18/h4-7,12,15H,3,8-11H2,1-2H3,(H3,19,20,24)/t12-,15-/m1/s1. The minimum absolute atomic E-state index is 0.0339. The summed E-state index contributed by atoms with van der Waals surface area (Å²) in [5, 5.41) is 3.31. The molecule has 1 aromatic rings. The smallest absolute Gasteiger partial charge is 0.312 e. The van der Waals surface area contributed by atoms with Crippen molar-refractivity contribution in [3.05, 3.63) is 29.3 Å². The average molecular weight is 353 g/mol. The Morgan fingerprint density at radius 1 is 1.25 bits per heavy atom. The summed E-state index contributed by atoms with van der Waals surface area (Å²) in [7, 11) is 0. The summed E-state index contributed by atoms with van der Waals surface area (Å²) in [6.45, 7) is 6.54. The van der Waals surface area contributed by atoms with Crippen LogP contribution in [0.5, 0.6) is 0 Å². The fourth-order valence-corrected chi connectivity index (χ4v) is 3.16. The van der Waals surface area contributed by atoms with Crippen LogP contribution in [0.25, 0.3) is 0 Å². The lowest BCUT2D eigenvalue weighted by Crippen LogP contribution is -2.57. The van der Waals surface area contributed by atoms with Crippen molar-refractivity contribution < 1.29 is 9.59 Å². The minimum atomic E-state index is -0.664. The number of amides is 3. The van der Waals surface area contributed by atoms with Gasteiger partial charge in [-0.3, -0.25) is 4.79 Å². The quantitative estimate of drug-likeness (QED) is 0.851. The maximum atomic E-state index is 12.8. The van der Waals surface area contributed by atoms with Crippen molar-refractivity contribution in [1.82, 2.24) is 10.2 Å². The fourth-order valence-electron chi connectivity index (χ4n) is 2.91. The van der Waals surface area contributed by atoms with Gasteiger partial charge in [-0.2, -0.15) is 0 Å². The van der Waals surface area contributed by atoms with Crippen molar-refractivity contribution in [2.24, 2.45) is 11.7 Å². The maximum Gasteiger partial charge on any atom is 0.312 e. The number of carbonyl (C=O) groups excluding carboxylic acids is 2. The van der Waals surface area contributed by atoms with Crippen molar-refractivity contribution in [2.45, 2.75) is 26.3 Å². The van der Waals surface area contributed by atoms with E-state index in [1.54, 1.807) is 4.90 Å². The number of halogens is 1. The summed E-state index contributed by atoms with van der Waals surface area (Å²) in [4.78, 5) is 27.9. The zero-order valence-corrected chi connectivity index (χ0v) is 14.9. The molecule has 1 saturated heterocycles. The highest BCUT2D eigenvalue weighted by molar-refractivity contribution is 6.33. The van der Waals surface area contributed by atoms with Crippen LogP contribution in [0, 0.1) is 5.92 Å². The van der Waals surface area contributed by atoms with Gasteiger partial charge in [-0.25, -0.2) is 4.79 Å². The first-order valence-corrected chi connectivity index (χ1v) is 8.66. The third kappa shape index (κ3) is 4.32. The van der Waals surface area contributed by atoms with Crippen LogP contribution in [-0.2, 0) is 4.79 Å². The number of nitrogens with one attached hydrogen (secondary N) is 1. The molecule has 0 aromatic heterocycles. The third-order valence-corrected chi connectivity index (χ3v) is 4.88. The summed E-state index contributed by atoms with van der Waals surface area (Å²) >= 11 is 6.24. The molecule has 7 heteroatoms. The number of urea groups is 1. The van der Waals surface area contributed by atoms with Gasteiger partial charge in [0.2, 0.25) is 5.91 Å². The molecular formula is C17H25ClN4O2. The lowest BCUT2D eigenvalue weighted by molar-refractivity contribution is -0.134. The zero-order chi connectivity index (χ0) is 17.7. The molecule has 1 aliphatic heterocycles. The number of primary amides is 1. The van der Waals surface area contributed by atoms with E-state index in [-0.39, 0.29) is 11.8 Å². The molecule has 132 valence electrons. The number of nitrogens with zero attached hydrogens (tertiary/aromatic N) is 2. The van der Waals surface area contributed by atoms with Gasteiger partial charge in [0.05, 0.1) is 10.7 Å². The van der Waals surface area contributed by atoms with Crippen LogP contribution >= 0.6 is 11.6 Å². The second-order valence-corrected chi connectivity index (χ2v) is 6.54. The van der Waals surface area contributed by atoms with Crippen LogP contribution in [0.15, 0.2) is 24.3 Å². The van der Waals surface area contributed by atoms with E-state index < -0.39 is 12.1 Å². The second-order valence-electron chi connectivity index (χ2n) is 6.14. The van der Waals surface area contributed by atoms with Gasteiger partial charge < -0.3 is 20.9 Å². The summed E-state index contributed by atoms with van der Waals surface area (Å²) in [5.41, 5.74) is 6.21. The third-order valence-electron chi connectivity index (χ3n) is 4.56. The number of piperazine rings is 1. The van der Waals surface area contributed by atoms with Gasteiger partial charge in [0, 0.05) is 26.2 Å². The number of carbonyl (C=O) groups is 2. The number of para-hydroxylation sites is 1. The Kier molecular flexibility index (Phi) is 6.31. The first kappa shape index (κ1) is 18.4. The monoisotopic (exact) mass is 352 g/mol. The normalized spacial score (nSPS) is 17.3. The van der Waals surface area contributed by atoms with E-state index in [0.29, 0.717) is 31.2 Å². The SMILES string of the molecule is CC[C@@H](C)[C@@H](NC(N)=O)C(=O)N1CCN(c2ccccc2Cl)CC1. The molecule has 0 aliphatic carbocycles. The highest BCUT2D eigenvalue weighted by Gasteiger charge is 2.31. The fraction of sp³-hybridized carbons (Fsp3) is 0.529. The van der Waals surface area contributed by atoms with E-state index in [1.165, 1.54) is 0 Å². The molecule has 2 atom stereocenters. The Labute approximate surface area is 147 Å². The van der Waals surface area contributed by atoms with E-state index in [0.717, 1.165) is 12.1 Å². The van der Waals surface area contributed by atoms with E-state index in [2.05, 4.69) is 10.2 Å². The number of anilines is 1. The van der Waals surface area contributed by atoms with Crippen LogP contribution < -0.4 is 16.0 Å². The predicted molar refractivity (Wildman–Crippen MR) is 96.2 cm³/mol. The Hall–Kier alpha value is -1.95. The van der Waals surface area contributed by atoms with Gasteiger partial charge >= 0.3 is 6.03 Å². The molecule has 2 rings (SSSR count). The molecule has 24 heavy (non-hydrogen) atoms. The minimum Gasteiger partial charge on any atom is -0.367 e. The average Bonchev–Trinajstić information content (AvgIpc) is 2.59. The first-order valence-electron chi connectivity index (χ1n) is 8.28. The molecule has 3 N–H and O–H groups in total. The van der Waals surface area contributed by atoms with Crippen LogP contribution in [-0.4, -0.2) is 49.1 Å². The van der Waals surface area contributed by atoms with E-state index >= 15 is 0 Å². The van der Waals surface area contributed by atoms with E-state index in [4.69, 9.17) is 17.3 Å². The van der Waals surface area contributed by atoms with Crippen molar-refractivity contribution in [3.63, 3.8) is 0 Å². The second kappa shape index (κ2) is 8.24. The van der Waals surface area contributed by atoms with Gasteiger partial charge in [-0.1, -0.05) is 44.0 Å². The summed E-state index contributed by atoms with van der Waals surface area (Å²) in [5.74, 6) is -0.0337. The molecule has 6 nitrogen and oxygen atoms in total. The molecule has 1 heterocycles. The molecule has 0 radical (unpaired) electrons. The molecular weight excluding hydrogens is 328 g/mol. The number of hydrogen-bond donors (Lipinski definition) is 2. The van der Waals surface area contributed by atoms with Crippen molar-refractivity contribution in [1.29, 1.82) is 0 Å². The number of nitrogens with two attached hydrogens (primary N) is 1. The first-order chi connectivity index (χ1) is 11.4. The number of rotatable bonds is 5. The summed E-state index contributed by atoms with van der Waals surface area (Å²) in [6, 6.07) is 6.47. The maximum absolute atomic E-state index is 12.8. The van der Waals surface area contributed by atoms with E-state index in [1.807, 2.05) is 38.1 Å². The number of benzene rings is 1. The largest absolute Gasteiger partial charge is 0.367 e. The molecule has 1 aromatic carbocycles. The van der Waals surface area contributed by atoms with Gasteiger partial charge in [0.15, 0.2) is 0 Å². The molecule has 1 fully saturated rings. The van der Waals surface area contributed by atoms with Crippen LogP contribution in [0.3, 0.4) is 0 Å². The van der Waals surface area contributed by atoms with Crippen LogP contribution in [0.1, 0.15) is 20.3 Å². The Morgan fingerprint density at radius 2 is 1.88 bits per heavy atom. The summed E-state index contributed by atoms with van der Waals surface area (Å²) < 4.78 is 0. The van der Waals surface area contributed by atoms with E-state index in [9.17, 15) is 9.59 Å². The lowest BCUT2D eigenvalue weighted by Gasteiger charge is -2.38. The van der Waals surface area contributed by atoms with Gasteiger partial charge in [0.25, 0.3) is 0 Å². The summed E-state index contributed by atoms with van der Waals surface area (Å²) in [6.07, 6.45) is 0.788. The van der Waals surface area contributed by atoms with Crippen molar-refractivity contribution in [3.8, 4) is 0 Å². The Morgan fingerprint density at radius 3 is 2.42 bits per heavy atom. The van der Waals surface area contributed by atoms with Gasteiger partial charge in [0.1, 0.15) is 6.04 Å². The van der Waals surface area contributed by atoms with Crippen molar-refractivity contribution in [2.75, 3.05) is 31.1 Å². The van der Waals surface area contributed by atoms with Crippen molar-refractivity contribution >= 4 is 29.2 Å².